The van der Waals surface area contributed by atoms with Gasteiger partial charge in [0, 0.05) is 6.92 Å². The summed E-state index contributed by atoms with van der Waals surface area (Å²) in [5.41, 5.74) is -5.05. The number of hydrogen-bond donors (Lipinski definition) is 0. The molecule has 0 fully saturated rings. The van der Waals surface area contributed by atoms with Gasteiger partial charge in [0.1, 0.15) is 23.0 Å². The van der Waals surface area contributed by atoms with Crippen LogP contribution in [0.15, 0.2) is 97.1 Å². The lowest BCUT2D eigenvalue weighted by atomic mass is 9.73. The van der Waals surface area contributed by atoms with Crippen LogP contribution in [0.2, 0.25) is 0 Å². The van der Waals surface area contributed by atoms with Gasteiger partial charge in [0.15, 0.2) is 0 Å². The smallest absolute Gasteiger partial charge is 0.497 e. The molecule has 4 aromatic carbocycles. The molecular formula is C31H22F6O6. The third kappa shape index (κ3) is 6.58. The molecule has 0 aliphatic carbocycles. The minimum atomic E-state index is -5.78. The molecule has 0 spiro atoms. The molecule has 0 aliphatic heterocycles. The van der Waals surface area contributed by atoms with Crippen molar-refractivity contribution in [3.05, 3.63) is 108 Å². The predicted octanol–water partition coefficient (Wildman–Crippen LogP) is 8.28. The van der Waals surface area contributed by atoms with Gasteiger partial charge in [-0.3, -0.25) is 4.79 Å². The molecule has 0 radical (unpaired) electrons. The third-order valence-electron chi connectivity index (χ3n) is 6.37. The molecule has 0 aliphatic rings. The number of rotatable bonds is 7. The Bertz CT molecular complexity index is 1550. The lowest BCUT2D eigenvalue weighted by molar-refractivity contribution is -0.288. The number of carbonyl (C=O) groups is 2. The zero-order chi connectivity index (χ0) is 31.4. The van der Waals surface area contributed by atoms with Crippen molar-refractivity contribution in [2.24, 2.45) is 0 Å². The number of methoxy groups -OCH3 is 1. The van der Waals surface area contributed by atoms with Crippen LogP contribution in [0.4, 0.5) is 31.1 Å². The summed E-state index contributed by atoms with van der Waals surface area (Å²) >= 11 is 0. The highest BCUT2D eigenvalue weighted by atomic mass is 19.4. The zero-order valence-corrected chi connectivity index (χ0v) is 22.5. The van der Waals surface area contributed by atoms with E-state index in [0.29, 0.717) is 30.0 Å². The quantitative estimate of drug-likeness (QED) is 0.0916. The average Bonchev–Trinajstić information content (AvgIpc) is 2.94. The highest BCUT2D eigenvalue weighted by molar-refractivity contribution is 5.71. The summed E-state index contributed by atoms with van der Waals surface area (Å²) in [6, 6.07) is 19.0. The first-order chi connectivity index (χ1) is 20.2. The maximum Gasteiger partial charge on any atom is 0.519 e. The minimum Gasteiger partial charge on any atom is -0.497 e. The van der Waals surface area contributed by atoms with E-state index >= 15 is 0 Å². The zero-order valence-electron chi connectivity index (χ0n) is 22.5. The first-order valence-electron chi connectivity index (χ1n) is 12.4. The van der Waals surface area contributed by atoms with Gasteiger partial charge in [0.25, 0.3) is 0 Å². The SMILES string of the molecule is COc1ccc(C(c2ccc(OC(=O)Oc3ccc(-c4ccc(OC(C)=O)cc4)cc3)cc2)(C(F)(F)F)C(F)(F)F)cc1. The normalized spacial score (nSPS) is 11.9. The van der Waals surface area contributed by atoms with Crippen LogP contribution >= 0.6 is 0 Å². The van der Waals surface area contributed by atoms with Gasteiger partial charge in [-0.25, -0.2) is 4.79 Å². The van der Waals surface area contributed by atoms with Crippen LogP contribution in [0.25, 0.3) is 11.1 Å². The lowest BCUT2D eigenvalue weighted by Crippen LogP contribution is -2.54. The van der Waals surface area contributed by atoms with E-state index in [9.17, 15) is 35.9 Å². The number of benzene rings is 4. The van der Waals surface area contributed by atoms with Crippen LogP contribution in [0.5, 0.6) is 23.0 Å². The van der Waals surface area contributed by atoms with Gasteiger partial charge < -0.3 is 18.9 Å². The van der Waals surface area contributed by atoms with E-state index in [0.717, 1.165) is 35.4 Å². The van der Waals surface area contributed by atoms with Gasteiger partial charge in [-0.05, 0) is 70.8 Å². The molecule has 0 bridgehead atoms. The molecule has 0 N–H and O–H groups in total. The fourth-order valence-corrected chi connectivity index (χ4v) is 4.41. The molecule has 0 unspecified atom stereocenters. The van der Waals surface area contributed by atoms with Crippen molar-refractivity contribution < 1.29 is 54.9 Å². The Balaban J connectivity index is 1.50. The van der Waals surface area contributed by atoms with Crippen molar-refractivity contribution in [1.82, 2.24) is 0 Å². The number of halogens is 6. The molecule has 0 atom stereocenters. The summed E-state index contributed by atoms with van der Waals surface area (Å²) in [6.07, 6.45) is -12.8. The maximum absolute atomic E-state index is 14.3. The van der Waals surface area contributed by atoms with E-state index in [1.165, 1.54) is 26.2 Å². The van der Waals surface area contributed by atoms with Crippen molar-refractivity contribution in [2.75, 3.05) is 7.11 Å². The summed E-state index contributed by atoms with van der Waals surface area (Å²) in [7, 11) is 1.23. The first kappa shape index (κ1) is 30.9. The molecule has 4 rings (SSSR count). The van der Waals surface area contributed by atoms with Crippen molar-refractivity contribution in [2.45, 2.75) is 24.7 Å². The fraction of sp³-hybridized carbons (Fsp3) is 0.161. The molecule has 43 heavy (non-hydrogen) atoms. The maximum atomic E-state index is 14.3. The Hall–Kier alpha value is -5.00. The summed E-state index contributed by atoms with van der Waals surface area (Å²) < 4.78 is 106. The summed E-state index contributed by atoms with van der Waals surface area (Å²) in [4.78, 5) is 23.3. The van der Waals surface area contributed by atoms with Crippen molar-refractivity contribution in [3.8, 4) is 34.1 Å². The molecule has 224 valence electrons. The van der Waals surface area contributed by atoms with Crippen molar-refractivity contribution in [1.29, 1.82) is 0 Å². The molecule has 0 saturated carbocycles. The lowest BCUT2D eigenvalue weighted by Gasteiger charge is -2.38. The van der Waals surface area contributed by atoms with Crippen LogP contribution in [0.1, 0.15) is 18.1 Å². The Morgan fingerprint density at radius 1 is 0.512 bits per heavy atom. The van der Waals surface area contributed by atoms with E-state index in [2.05, 4.69) is 0 Å². The largest absolute Gasteiger partial charge is 0.519 e. The molecule has 0 amide bonds. The fourth-order valence-electron chi connectivity index (χ4n) is 4.41. The topological polar surface area (TPSA) is 71.1 Å². The van der Waals surface area contributed by atoms with Crippen molar-refractivity contribution in [3.63, 3.8) is 0 Å². The highest BCUT2D eigenvalue weighted by Crippen LogP contribution is 2.56. The van der Waals surface area contributed by atoms with E-state index in [-0.39, 0.29) is 17.2 Å². The Labute approximate surface area is 241 Å². The van der Waals surface area contributed by atoms with E-state index in [4.69, 9.17) is 18.9 Å². The van der Waals surface area contributed by atoms with Gasteiger partial charge in [-0.15, -0.1) is 0 Å². The first-order valence-corrected chi connectivity index (χ1v) is 12.4. The van der Waals surface area contributed by atoms with Crippen molar-refractivity contribution >= 4 is 12.1 Å². The molecule has 4 aromatic rings. The van der Waals surface area contributed by atoms with E-state index in [1.807, 2.05) is 0 Å². The van der Waals surface area contributed by atoms with Crippen LogP contribution in [-0.4, -0.2) is 31.6 Å². The third-order valence-corrected chi connectivity index (χ3v) is 6.37. The number of esters is 1. The monoisotopic (exact) mass is 604 g/mol. The second-order valence-corrected chi connectivity index (χ2v) is 9.09. The Kier molecular flexibility index (Phi) is 8.70. The Morgan fingerprint density at radius 2 is 0.837 bits per heavy atom. The minimum absolute atomic E-state index is 0.0644. The van der Waals surface area contributed by atoms with Gasteiger partial charge in [-0.1, -0.05) is 48.5 Å². The van der Waals surface area contributed by atoms with Crippen LogP contribution < -0.4 is 18.9 Å². The van der Waals surface area contributed by atoms with Crippen LogP contribution in [0.3, 0.4) is 0 Å². The Morgan fingerprint density at radius 3 is 1.16 bits per heavy atom. The number of alkyl halides is 6. The number of hydrogen-bond acceptors (Lipinski definition) is 6. The average molecular weight is 604 g/mol. The molecule has 0 aromatic heterocycles. The molecule has 0 heterocycles. The number of ether oxygens (including phenoxy) is 4. The van der Waals surface area contributed by atoms with E-state index < -0.39 is 41.0 Å². The van der Waals surface area contributed by atoms with E-state index in [1.54, 1.807) is 36.4 Å². The highest BCUT2D eigenvalue weighted by Gasteiger charge is 2.72. The van der Waals surface area contributed by atoms with Gasteiger partial charge in [0.05, 0.1) is 7.11 Å². The van der Waals surface area contributed by atoms with Gasteiger partial charge >= 0.3 is 24.5 Å². The summed E-state index contributed by atoms with van der Waals surface area (Å²) in [6.45, 7) is 1.28. The summed E-state index contributed by atoms with van der Waals surface area (Å²) in [5.74, 6) is -0.286. The molecule has 12 heteroatoms. The predicted molar refractivity (Wildman–Crippen MR) is 142 cm³/mol. The van der Waals surface area contributed by atoms with Crippen LogP contribution in [0, 0.1) is 0 Å². The number of carbonyl (C=O) groups excluding carboxylic acids is 2. The second-order valence-electron chi connectivity index (χ2n) is 9.09. The van der Waals surface area contributed by atoms with Crippen LogP contribution in [-0.2, 0) is 10.2 Å². The van der Waals surface area contributed by atoms with Gasteiger partial charge in [-0.2, -0.15) is 26.3 Å². The molecular weight excluding hydrogens is 582 g/mol. The molecule has 6 nitrogen and oxygen atoms in total. The molecule has 0 saturated heterocycles. The van der Waals surface area contributed by atoms with Gasteiger partial charge in [0.2, 0.25) is 5.41 Å². The second kappa shape index (κ2) is 12.1. The standard InChI is InChI=1S/C31H22F6O6/c1-19(38)41-25-11-3-20(4-12-25)21-5-13-26(14-6-21)42-28(39)43-27-17-9-23(10-18-27)29(30(32,33)34,31(35,36)37)22-7-15-24(40-2)16-8-22/h3-18H,1-2H3. The summed E-state index contributed by atoms with van der Waals surface area (Å²) in [5, 5.41) is 0.